The van der Waals surface area contributed by atoms with Crippen LogP contribution in [0.2, 0.25) is 10.2 Å². The van der Waals surface area contributed by atoms with E-state index in [0.29, 0.717) is 11.7 Å². The third-order valence-corrected chi connectivity index (χ3v) is 4.14. The van der Waals surface area contributed by atoms with Gasteiger partial charge in [-0.25, -0.2) is 4.98 Å². The monoisotopic (exact) mass is 369 g/mol. The Morgan fingerprint density at radius 2 is 2.05 bits per heavy atom. The van der Waals surface area contributed by atoms with Gasteiger partial charge in [-0.3, -0.25) is 0 Å². The summed E-state index contributed by atoms with van der Waals surface area (Å²) in [6.07, 6.45) is 1.66. The van der Waals surface area contributed by atoms with Crippen LogP contribution in [0.3, 0.4) is 0 Å². The Bertz CT molecular complexity index is 770. The van der Waals surface area contributed by atoms with E-state index in [9.17, 15) is 0 Å². The number of anilines is 1. The number of benzene rings is 1. The molecule has 3 nitrogen and oxygen atoms in total. The molecule has 0 atom stereocenters. The summed E-state index contributed by atoms with van der Waals surface area (Å²) in [6.45, 7) is 0.547. The summed E-state index contributed by atoms with van der Waals surface area (Å²) in [5, 5.41) is 5.41. The lowest BCUT2D eigenvalue weighted by molar-refractivity contribution is 1.08. The van der Waals surface area contributed by atoms with Gasteiger partial charge in [0.05, 0.1) is 22.9 Å². The van der Waals surface area contributed by atoms with Crippen molar-refractivity contribution in [2.75, 3.05) is 5.32 Å². The van der Waals surface area contributed by atoms with Crippen molar-refractivity contribution in [2.24, 2.45) is 0 Å². The number of nitrogens with zero attached hydrogens (tertiary/aromatic N) is 1. The molecule has 0 aliphatic rings. The van der Waals surface area contributed by atoms with Crippen LogP contribution in [0, 0.1) is 0 Å². The van der Waals surface area contributed by atoms with E-state index < -0.39 is 0 Å². The second-order valence-corrected chi connectivity index (χ2v) is 5.96. The predicted molar refractivity (Wildman–Crippen MR) is 87.6 cm³/mol. The zero-order valence-corrected chi connectivity index (χ0v) is 13.4. The van der Waals surface area contributed by atoms with Crippen LogP contribution < -0.4 is 5.32 Å². The molecular formula is C14H10BrCl2N3. The highest BCUT2D eigenvalue weighted by molar-refractivity contribution is 9.10. The number of para-hydroxylation sites is 1. The molecule has 0 saturated heterocycles. The van der Waals surface area contributed by atoms with Crippen LogP contribution in [0.5, 0.6) is 0 Å². The zero-order valence-electron chi connectivity index (χ0n) is 10.3. The van der Waals surface area contributed by atoms with E-state index >= 15 is 0 Å². The molecule has 20 heavy (non-hydrogen) atoms. The number of pyridine rings is 1. The number of aromatic amines is 1. The molecule has 1 aromatic carbocycles. The molecule has 3 rings (SSSR count). The lowest BCUT2D eigenvalue weighted by Gasteiger charge is -2.07. The Hall–Kier alpha value is -1.23. The van der Waals surface area contributed by atoms with Crippen LogP contribution in [0.1, 0.15) is 5.69 Å². The maximum absolute atomic E-state index is 6.37. The molecule has 0 aliphatic carbocycles. The number of nitrogens with one attached hydrogen (secondary N) is 2. The van der Waals surface area contributed by atoms with Gasteiger partial charge in [0.1, 0.15) is 0 Å². The number of hydrogen-bond acceptors (Lipinski definition) is 2. The average Bonchev–Trinajstić information content (AvgIpc) is 2.77. The van der Waals surface area contributed by atoms with E-state index in [4.69, 9.17) is 23.2 Å². The standard InChI is InChI=1S/C14H10BrCl2N3/c15-8-5-11(14(17)19-6-8)18-7-12-13(16)9-3-1-2-4-10(9)20-12/h1-6,18,20H,7H2. The number of aromatic nitrogens is 2. The van der Waals surface area contributed by atoms with Crippen molar-refractivity contribution in [1.82, 2.24) is 9.97 Å². The van der Waals surface area contributed by atoms with E-state index in [1.807, 2.05) is 30.3 Å². The Balaban J connectivity index is 1.87. The minimum absolute atomic E-state index is 0.431. The van der Waals surface area contributed by atoms with Gasteiger partial charge in [0, 0.05) is 21.6 Å². The molecule has 0 saturated carbocycles. The summed E-state index contributed by atoms with van der Waals surface area (Å²) in [5.74, 6) is 0. The van der Waals surface area contributed by atoms with E-state index in [2.05, 4.69) is 31.2 Å². The van der Waals surface area contributed by atoms with E-state index in [1.165, 1.54) is 0 Å². The number of hydrogen-bond donors (Lipinski definition) is 2. The fourth-order valence-electron chi connectivity index (χ4n) is 2.02. The van der Waals surface area contributed by atoms with Crippen molar-refractivity contribution < 1.29 is 0 Å². The Morgan fingerprint density at radius 1 is 1.25 bits per heavy atom. The molecule has 0 bridgehead atoms. The van der Waals surface area contributed by atoms with E-state index in [-0.39, 0.29) is 0 Å². The van der Waals surface area contributed by atoms with Crippen molar-refractivity contribution in [1.29, 1.82) is 0 Å². The molecule has 3 aromatic rings. The van der Waals surface area contributed by atoms with Gasteiger partial charge in [-0.1, -0.05) is 41.4 Å². The quantitative estimate of drug-likeness (QED) is 0.618. The Labute approximate surface area is 134 Å². The van der Waals surface area contributed by atoms with Crippen molar-refractivity contribution in [3.8, 4) is 0 Å². The fraction of sp³-hybridized carbons (Fsp3) is 0.0714. The van der Waals surface area contributed by atoms with Crippen molar-refractivity contribution in [2.45, 2.75) is 6.54 Å². The first kappa shape index (κ1) is 13.7. The average molecular weight is 371 g/mol. The summed E-state index contributed by atoms with van der Waals surface area (Å²) in [7, 11) is 0. The molecule has 0 amide bonds. The summed E-state index contributed by atoms with van der Waals surface area (Å²) in [6, 6.07) is 9.81. The van der Waals surface area contributed by atoms with Gasteiger partial charge < -0.3 is 10.3 Å². The highest BCUT2D eigenvalue weighted by Crippen LogP contribution is 2.29. The minimum atomic E-state index is 0.431. The van der Waals surface area contributed by atoms with Gasteiger partial charge in [-0.05, 0) is 28.1 Å². The van der Waals surface area contributed by atoms with Crippen LogP contribution in [0.4, 0.5) is 5.69 Å². The SMILES string of the molecule is Clc1ncc(Br)cc1NCc1[nH]c2ccccc2c1Cl. The molecule has 102 valence electrons. The van der Waals surface area contributed by atoms with Crippen LogP contribution >= 0.6 is 39.1 Å². The summed E-state index contributed by atoms with van der Waals surface area (Å²) in [4.78, 5) is 7.37. The molecule has 6 heteroatoms. The lowest BCUT2D eigenvalue weighted by atomic mass is 10.2. The molecule has 0 spiro atoms. The molecule has 0 aliphatic heterocycles. The minimum Gasteiger partial charge on any atom is -0.377 e. The molecule has 2 N–H and O–H groups in total. The van der Waals surface area contributed by atoms with Crippen LogP contribution in [-0.2, 0) is 6.54 Å². The molecule has 2 aromatic heterocycles. The smallest absolute Gasteiger partial charge is 0.152 e. The van der Waals surface area contributed by atoms with Crippen LogP contribution in [0.25, 0.3) is 10.9 Å². The zero-order chi connectivity index (χ0) is 14.1. The largest absolute Gasteiger partial charge is 0.377 e. The second-order valence-electron chi connectivity index (χ2n) is 4.31. The van der Waals surface area contributed by atoms with Crippen molar-refractivity contribution in [3.63, 3.8) is 0 Å². The van der Waals surface area contributed by atoms with Gasteiger partial charge >= 0.3 is 0 Å². The third-order valence-electron chi connectivity index (χ3n) is 2.98. The maximum atomic E-state index is 6.37. The lowest BCUT2D eigenvalue weighted by Crippen LogP contribution is -2.01. The van der Waals surface area contributed by atoms with E-state index in [1.54, 1.807) is 6.20 Å². The van der Waals surface area contributed by atoms with Gasteiger partial charge in [0.25, 0.3) is 0 Å². The summed E-state index contributed by atoms with van der Waals surface area (Å²) < 4.78 is 0.868. The summed E-state index contributed by atoms with van der Waals surface area (Å²) in [5.41, 5.74) is 2.70. The Kier molecular flexibility index (Phi) is 3.87. The van der Waals surface area contributed by atoms with Gasteiger partial charge in [0.15, 0.2) is 5.15 Å². The van der Waals surface area contributed by atoms with E-state index in [0.717, 1.165) is 31.8 Å². The molecule has 2 heterocycles. The highest BCUT2D eigenvalue weighted by atomic mass is 79.9. The number of halogens is 3. The fourth-order valence-corrected chi connectivity index (χ4v) is 2.80. The van der Waals surface area contributed by atoms with Crippen molar-refractivity contribution in [3.05, 3.63) is 56.9 Å². The first-order valence-electron chi connectivity index (χ1n) is 5.95. The Morgan fingerprint density at radius 3 is 2.85 bits per heavy atom. The number of fused-ring (bicyclic) bond motifs is 1. The van der Waals surface area contributed by atoms with Gasteiger partial charge in [-0.15, -0.1) is 0 Å². The van der Waals surface area contributed by atoms with Crippen LogP contribution in [-0.4, -0.2) is 9.97 Å². The summed E-state index contributed by atoms with van der Waals surface area (Å²) >= 11 is 15.8. The van der Waals surface area contributed by atoms with Crippen LogP contribution in [0.15, 0.2) is 41.0 Å². The molecular weight excluding hydrogens is 361 g/mol. The van der Waals surface area contributed by atoms with Crippen molar-refractivity contribution >= 4 is 55.7 Å². The number of H-pyrrole nitrogens is 1. The van der Waals surface area contributed by atoms with Gasteiger partial charge in [0.2, 0.25) is 0 Å². The maximum Gasteiger partial charge on any atom is 0.152 e. The normalized spacial score (nSPS) is 10.9. The van der Waals surface area contributed by atoms with Gasteiger partial charge in [-0.2, -0.15) is 0 Å². The number of rotatable bonds is 3. The topological polar surface area (TPSA) is 40.7 Å². The highest BCUT2D eigenvalue weighted by Gasteiger charge is 2.09. The molecule has 0 fully saturated rings. The predicted octanol–water partition coefficient (Wildman–Crippen LogP) is 5.24. The molecule has 0 unspecified atom stereocenters. The molecule has 0 radical (unpaired) electrons. The third kappa shape index (κ3) is 2.64. The first-order chi connectivity index (χ1) is 9.65. The second kappa shape index (κ2) is 5.64. The first-order valence-corrected chi connectivity index (χ1v) is 7.50.